The van der Waals surface area contributed by atoms with Gasteiger partial charge in [0.05, 0.1) is 0 Å². The van der Waals surface area contributed by atoms with Gasteiger partial charge in [-0.15, -0.1) is 0 Å². The number of benzene rings is 1. The first kappa shape index (κ1) is 25.7. The SMILES string of the molecule is C=C(COC(C)=O)C(OC(C)=O)[C@H]1[C@H](C(=C)C)[C@H]2C[C@@H](C)C1([Se]c1ccccc1)O[C@H]2OC. The van der Waals surface area contributed by atoms with Gasteiger partial charge in [0, 0.05) is 0 Å². The van der Waals surface area contributed by atoms with Gasteiger partial charge in [-0.3, -0.25) is 0 Å². The molecule has 2 aliphatic heterocycles. The summed E-state index contributed by atoms with van der Waals surface area (Å²) in [6, 6.07) is 10.3. The molecule has 0 aromatic heterocycles. The monoisotopic (exact) mass is 522 g/mol. The van der Waals surface area contributed by atoms with Crippen LogP contribution in [0.15, 0.2) is 54.6 Å². The van der Waals surface area contributed by atoms with E-state index in [0.29, 0.717) is 5.57 Å². The third-order valence-corrected chi connectivity index (χ3v) is 9.93. The van der Waals surface area contributed by atoms with Gasteiger partial charge in [-0.2, -0.15) is 0 Å². The fraction of sp³-hybridized carbons (Fsp3) is 0.538. The van der Waals surface area contributed by atoms with E-state index in [9.17, 15) is 9.59 Å². The Balaban J connectivity index is 2.14. The molecule has 3 aliphatic rings. The molecular weight excluding hydrogens is 487 g/mol. The topological polar surface area (TPSA) is 71.1 Å². The molecule has 2 heterocycles. The number of esters is 2. The van der Waals surface area contributed by atoms with E-state index in [1.807, 2.05) is 25.1 Å². The van der Waals surface area contributed by atoms with Gasteiger partial charge in [0.25, 0.3) is 0 Å². The Morgan fingerprint density at radius 1 is 1.18 bits per heavy atom. The molecule has 0 spiro atoms. The fourth-order valence-corrected chi connectivity index (χ4v) is 8.50. The van der Waals surface area contributed by atoms with E-state index in [-0.39, 0.29) is 51.5 Å². The molecule has 0 amide bonds. The molecule has 6 nitrogen and oxygen atoms in total. The molecule has 1 aromatic rings. The standard InChI is InChI=1S/C26H34O6Se/c1-15(2)22-21-13-17(4)26(32-25(21)29-7,33-20-11-9-8-10-12-20)23(22)24(31-19(6)28)16(3)14-30-18(5)27/h8-12,17,21-25H,1,3,13-14H2,2,4-7H3/t17-,21-,22-,23-,24?,25-,26?/m1/s1. The van der Waals surface area contributed by atoms with Crippen LogP contribution in [-0.2, 0) is 28.5 Å². The minimum atomic E-state index is -0.683. The summed E-state index contributed by atoms with van der Waals surface area (Å²) in [5, 5.41) is 0. The van der Waals surface area contributed by atoms with Crippen LogP contribution in [-0.4, -0.2) is 57.5 Å². The third-order valence-electron chi connectivity index (χ3n) is 6.58. The summed E-state index contributed by atoms with van der Waals surface area (Å²) in [6.45, 7) is 15.4. The second-order valence-corrected chi connectivity index (χ2v) is 11.8. The average Bonchev–Trinajstić information content (AvgIpc) is 2.76. The maximum absolute atomic E-state index is 12.2. The Labute approximate surface area is 202 Å². The van der Waals surface area contributed by atoms with Gasteiger partial charge in [-0.25, -0.2) is 0 Å². The predicted molar refractivity (Wildman–Crippen MR) is 127 cm³/mol. The van der Waals surface area contributed by atoms with E-state index in [4.69, 9.17) is 18.9 Å². The fourth-order valence-electron chi connectivity index (χ4n) is 5.33. The zero-order chi connectivity index (χ0) is 24.3. The molecule has 0 N–H and O–H groups in total. The Hall–Kier alpha value is -1.92. The van der Waals surface area contributed by atoms with Crippen molar-refractivity contribution in [3.05, 3.63) is 54.6 Å². The molecule has 1 saturated carbocycles. The number of rotatable bonds is 9. The number of methoxy groups -OCH3 is 1. The predicted octanol–water partition coefficient (Wildman–Crippen LogP) is 3.23. The summed E-state index contributed by atoms with van der Waals surface area (Å²) in [5.74, 6) is -0.808. The molecule has 1 aromatic carbocycles. The second-order valence-electron chi connectivity index (χ2n) is 9.03. The van der Waals surface area contributed by atoms with Crippen molar-refractivity contribution in [2.45, 2.75) is 51.0 Å². The minimum absolute atomic E-state index is 0.0103. The normalized spacial score (nSPS) is 31.5. The Morgan fingerprint density at radius 3 is 2.39 bits per heavy atom. The van der Waals surface area contributed by atoms with Gasteiger partial charge in [-0.05, 0) is 0 Å². The van der Waals surface area contributed by atoms with Crippen molar-refractivity contribution < 1.29 is 28.5 Å². The molecule has 180 valence electrons. The van der Waals surface area contributed by atoms with Crippen molar-refractivity contribution in [3.8, 4) is 0 Å². The molecule has 33 heavy (non-hydrogen) atoms. The number of carbonyl (C=O) groups is 2. The van der Waals surface area contributed by atoms with Gasteiger partial charge in [0.2, 0.25) is 0 Å². The molecule has 7 atom stereocenters. The second kappa shape index (κ2) is 10.6. The van der Waals surface area contributed by atoms with Crippen LogP contribution in [0.3, 0.4) is 0 Å². The number of hydrogen-bond acceptors (Lipinski definition) is 6. The average molecular weight is 522 g/mol. The van der Waals surface area contributed by atoms with Crippen LogP contribution >= 0.6 is 0 Å². The molecule has 2 unspecified atom stereocenters. The molecule has 2 bridgehead atoms. The maximum atomic E-state index is 12.2. The first-order chi connectivity index (χ1) is 15.6. The van der Waals surface area contributed by atoms with Crippen molar-refractivity contribution in [2.75, 3.05) is 13.7 Å². The van der Waals surface area contributed by atoms with E-state index in [2.05, 4.69) is 32.2 Å². The number of allylic oxidation sites excluding steroid dienone is 1. The van der Waals surface area contributed by atoms with Crippen LogP contribution in [0.4, 0.5) is 0 Å². The Morgan fingerprint density at radius 2 is 1.85 bits per heavy atom. The van der Waals surface area contributed by atoms with E-state index in [1.54, 1.807) is 7.11 Å². The van der Waals surface area contributed by atoms with Crippen molar-refractivity contribution >= 4 is 31.4 Å². The van der Waals surface area contributed by atoms with Crippen molar-refractivity contribution in [3.63, 3.8) is 0 Å². The zero-order valence-corrected chi connectivity index (χ0v) is 21.8. The molecule has 4 rings (SSSR count). The van der Waals surface area contributed by atoms with E-state index in [0.717, 1.165) is 12.0 Å². The molecule has 0 radical (unpaired) electrons. The van der Waals surface area contributed by atoms with Gasteiger partial charge in [0.15, 0.2) is 0 Å². The molecule has 2 saturated heterocycles. The number of fused-ring (bicyclic) bond motifs is 3. The zero-order valence-electron chi connectivity index (χ0n) is 20.0. The van der Waals surface area contributed by atoms with Crippen molar-refractivity contribution in [2.24, 2.45) is 23.7 Å². The summed E-state index contributed by atoms with van der Waals surface area (Å²) >= 11 is -0.131. The summed E-state index contributed by atoms with van der Waals surface area (Å²) in [4.78, 5) is 23.7. The number of ether oxygens (including phenoxy) is 4. The van der Waals surface area contributed by atoms with Crippen LogP contribution in [0, 0.1) is 23.7 Å². The van der Waals surface area contributed by atoms with Gasteiger partial charge in [0.1, 0.15) is 0 Å². The van der Waals surface area contributed by atoms with Crippen LogP contribution in [0.2, 0.25) is 0 Å². The van der Waals surface area contributed by atoms with E-state index in [1.165, 1.54) is 18.3 Å². The number of hydrogen-bond donors (Lipinski definition) is 0. The summed E-state index contributed by atoms with van der Waals surface area (Å²) in [6.07, 6.45) is -0.133. The molecule has 7 heteroatoms. The van der Waals surface area contributed by atoms with Gasteiger partial charge >= 0.3 is 203 Å². The van der Waals surface area contributed by atoms with E-state index >= 15 is 0 Å². The molecule has 1 aliphatic carbocycles. The van der Waals surface area contributed by atoms with Gasteiger partial charge < -0.3 is 0 Å². The van der Waals surface area contributed by atoms with Crippen LogP contribution < -0.4 is 4.46 Å². The van der Waals surface area contributed by atoms with Crippen molar-refractivity contribution in [1.29, 1.82) is 0 Å². The van der Waals surface area contributed by atoms with Crippen LogP contribution in [0.1, 0.15) is 34.1 Å². The first-order valence-corrected chi connectivity index (χ1v) is 12.9. The number of carbonyl (C=O) groups excluding carboxylic acids is 2. The summed E-state index contributed by atoms with van der Waals surface area (Å²) in [7, 11) is 1.67. The Kier molecular flexibility index (Phi) is 8.22. The Bertz CT molecular complexity index is 899. The van der Waals surface area contributed by atoms with Crippen molar-refractivity contribution in [1.82, 2.24) is 0 Å². The molecular formula is C26H34O6Se. The van der Waals surface area contributed by atoms with Gasteiger partial charge in [-0.1, -0.05) is 0 Å². The van der Waals surface area contributed by atoms with E-state index < -0.39 is 22.5 Å². The third kappa shape index (κ3) is 5.27. The molecule has 3 fully saturated rings. The quantitative estimate of drug-likeness (QED) is 0.282. The van der Waals surface area contributed by atoms with Crippen LogP contribution in [0.25, 0.3) is 0 Å². The summed E-state index contributed by atoms with van der Waals surface area (Å²) < 4.78 is 24.3. The first-order valence-electron chi connectivity index (χ1n) is 11.2. The summed E-state index contributed by atoms with van der Waals surface area (Å²) in [5.41, 5.74) is 1.53. The van der Waals surface area contributed by atoms with Crippen LogP contribution in [0.5, 0.6) is 0 Å².